The van der Waals surface area contributed by atoms with Gasteiger partial charge in [0, 0.05) is 19.0 Å². The van der Waals surface area contributed by atoms with Crippen molar-refractivity contribution in [2.24, 2.45) is 0 Å². The second-order valence-corrected chi connectivity index (χ2v) is 8.25. The van der Waals surface area contributed by atoms with Crippen LogP contribution in [0.5, 0.6) is 0 Å². The summed E-state index contributed by atoms with van der Waals surface area (Å²) in [7, 11) is 0. The number of hydrogen-bond acceptors (Lipinski definition) is 7. The predicted molar refractivity (Wildman–Crippen MR) is 109 cm³/mol. The van der Waals surface area contributed by atoms with E-state index in [-0.39, 0.29) is 18.4 Å². The molecule has 0 saturated carbocycles. The second-order valence-electron chi connectivity index (χ2n) is 7.19. The number of esters is 1. The molecule has 0 unspecified atom stereocenters. The molecule has 1 fully saturated rings. The first-order chi connectivity index (χ1) is 14.1. The summed E-state index contributed by atoms with van der Waals surface area (Å²) in [5, 5.41) is 4.92. The zero-order chi connectivity index (χ0) is 20.4. The van der Waals surface area contributed by atoms with Gasteiger partial charge in [-0.05, 0) is 38.3 Å². The fraction of sp³-hybridized carbons (Fsp3) is 0.429. The van der Waals surface area contributed by atoms with Crippen LogP contribution in [-0.4, -0.2) is 46.6 Å². The zero-order valence-electron chi connectivity index (χ0n) is 16.5. The number of para-hydroxylation sites is 1. The molecule has 1 amide bonds. The molecule has 0 bridgehead atoms. The van der Waals surface area contributed by atoms with E-state index in [0.29, 0.717) is 36.5 Å². The number of rotatable bonds is 5. The summed E-state index contributed by atoms with van der Waals surface area (Å²) in [4.78, 5) is 31.5. The van der Waals surface area contributed by atoms with Gasteiger partial charge < -0.3 is 14.2 Å². The lowest BCUT2D eigenvalue weighted by Crippen LogP contribution is -2.41. The minimum absolute atomic E-state index is 0.184. The standard InChI is InChI=1S/C21H23N3O4S/c1-3-15-19(13(2)28-23-15)21(26)27-12-18(25)24-10-6-7-14(11-24)20-22-16-8-4-5-9-17(16)29-20/h4-5,8-9,14H,3,6-7,10-12H2,1-2H3/t14-/m0/s1. The van der Waals surface area contributed by atoms with E-state index in [1.165, 1.54) is 0 Å². The lowest BCUT2D eigenvalue weighted by Gasteiger charge is -2.31. The first kappa shape index (κ1) is 19.6. The van der Waals surface area contributed by atoms with E-state index in [2.05, 4.69) is 11.2 Å². The normalized spacial score (nSPS) is 16.9. The number of fused-ring (bicyclic) bond motifs is 1. The van der Waals surface area contributed by atoms with Crippen molar-refractivity contribution in [2.75, 3.05) is 19.7 Å². The molecule has 1 atom stereocenters. The Morgan fingerprint density at radius 2 is 2.17 bits per heavy atom. The zero-order valence-corrected chi connectivity index (χ0v) is 17.3. The highest BCUT2D eigenvalue weighted by molar-refractivity contribution is 7.18. The van der Waals surface area contributed by atoms with E-state index in [1.807, 2.05) is 25.1 Å². The Morgan fingerprint density at radius 3 is 2.97 bits per heavy atom. The number of thiazole rings is 1. The molecule has 1 aromatic carbocycles. The monoisotopic (exact) mass is 413 g/mol. The molecule has 0 radical (unpaired) electrons. The van der Waals surface area contributed by atoms with Crippen LogP contribution in [0.15, 0.2) is 28.8 Å². The fourth-order valence-corrected chi connectivity index (χ4v) is 4.77. The Hall–Kier alpha value is -2.74. The van der Waals surface area contributed by atoms with Crippen LogP contribution in [0, 0.1) is 6.92 Å². The van der Waals surface area contributed by atoms with E-state index in [4.69, 9.17) is 14.2 Å². The van der Waals surface area contributed by atoms with Crippen molar-refractivity contribution in [3.8, 4) is 0 Å². The van der Waals surface area contributed by atoms with Gasteiger partial charge in [-0.1, -0.05) is 24.2 Å². The average Bonchev–Trinajstić information content (AvgIpc) is 3.35. The molecule has 7 nitrogen and oxygen atoms in total. The van der Waals surface area contributed by atoms with Gasteiger partial charge in [0.1, 0.15) is 11.3 Å². The van der Waals surface area contributed by atoms with Gasteiger partial charge >= 0.3 is 5.97 Å². The van der Waals surface area contributed by atoms with Crippen LogP contribution in [0.3, 0.4) is 0 Å². The molecule has 1 saturated heterocycles. The largest absolute Gasteiger partial charge is 0.452 e. The topological polar surface area (TPSA) is 85.5 Å². The number of aryl methyl sites for hydroxylation is 2. The summed E-state index contributed by atoms with van der Waals surface area (Å²) in [6, 6.07) is 8.07. The SMILES string of the molecule is CCc1noc(C)c1C(=O)OCC(=O)N1CCC[C@H](c2nc3ccccc3s2)C1. The number of piperidine rings is 1. The van der Waals surface area contributed by atoms with Gasteiger partial charge in [-0.2, -0.15) is 0 Å². The number of nitrogens with zero attached hydrogens (tertiary/aromatic N) is 3. The maximum atomic E-state index is 12.7. The maximum absolute atomic E-state index is 12.7. The summed E-state index contributed by atoms with van der Waals surface area (Å²) >= 11 is 1.69. The Bertz CT molecular complexity index is 1010. The molecule has 3 aromatic rings. The number of carbonyl (C=O) groups is 2. The van der Waals surface area contributed by atoms with Crippen molar-refractivity contribution in [2.45, 2.75) is 39.0 Å². The van der Waals surface area contributed by atoms with E-state index in [1.54, 1.807) is 23.2 Å². The Morgan fingerprint density at radius 1 is 1.34 bits per heavy atom. The summed E-state index contributed by atoms with van der Waals surface area (Å²) in [6.45, 7) is 4.54. The van der Waals surface area contributed by atoms with Gasteiger partial charge in [0.2, 0.25) is 0 Å². The minimum Gasteiger partial charge on any atom is -0.452 e. The molecule has 8 heteroatoms. The number of ether oxygens (including phenoxy) is 1. The third-order valence-corrected chi connectivity index (χ3v) is 6.43. The van der Waals surface area contributed by atoms with Gasteiger partial charge in [0.25, 0.3) is 5.91 Å². The number of hydrogen-bond donors (Lipinski definition) is 0. The van der Waals surface area contributed by atoms with E-state index in [0.717, 1.165) is 28.1 Å². The quantitative estimate of drug-likeness (QED) is 0.593. The van der Waals surface area contributed by atoms with Gasteiger partial charge in [0.15, 0.2) is 6.61 Å². The first-order valence-electron chi connectivity index (χ1n) is 9.82. The Kier molecular flexibility index (Phi) is 5.62. The smallest absolute Gasteiger partial charge is 0.344 e. The lowest BCUT2D eigenvalue weighted by molar-refractivity contribution is -0.135. The predicted octanol–water partition coefficient (Wildman–Crippen LogP) is 3.72. The molecule has 0 aliphatic carbocycles. The first-order valence-corrected chi connectivity index (χ1v) is 10.6. The third-order valence-electron chi connectivity index (χ3n) is 5.23. The van der Waals surface area contributed by atoms with Crippen molar-refractivity contribution in [3.05, 3.63) is 46.3 Å². The minimum atomic E-state index is -0.561. The fourth-order valence-electron chi connectivity index (χ4n) is 3.68. The van der Waals surface area contributed by atoms with Crippen LogP contribution in [0.1, 0.15) is 52.5 Å². The summed E-state index contributed by atoms with van der Waals surface area (Å²) < 4.78 is 11.5. The van der Waals surface area contributed by atoms with E-state index >= 15 is 0 Å². The lowest BCUT2D eigenvalue weighted by atomic mass is 9.99. The number of amides is 1. The van der Waals surface area contributed by atoms with Crippen LogP contribution < -0.4 is 0 Å². The summed E-state index contributed by atoms with van der Waals surface area (Å²) in [5.41, 5.74) is 1.88. The highest BCUT2D eigenvalue weighted by Gasteiger charge is 2.28. The van der Waals surface area contributed by atoms with Gasteiger partial charge in [0.05, 0.1) is 20.9 Å². The Labute approximate surface area is 172 Å². The molecule has 1 aliphatic rings. The van der Waals surface area contributed by atoms with E-state index in [9.17, 15) is 9.59 Å². The van der Waals surface area contributed by atoms with Crippen LogP contribution in [0.2, 0.25) is 0 Å². The molecule has 0 N–H and O–H groups in total. The molecular formula is C21H23N3O4S. The van der Waals surface area contributed by atoms with E-state index < -0.39 is 5.97 Å². The average molecular weight is 413 g/mol. The molecule has 2 aromatic heterocycles. The molecule has 1 aliphatic heterocycles. The number of aromatic nitrogens is 2. The molecule has 29 heavy (non-hydrogen) atoms. The second kappa shape index (κ2) is 8.32. The van der Waals surface area contributed by atoms with Crippen LogP contribution in [0.4, 0.5) is 0 Å². The maximum Gasteiger partial charge on any atom is 0.344 e. The Balaban J connectivity index is 1.38. The summed E-state index contributed by atoms with van der Waals surface area (Å²) in [5.74, 6) is -0.119. The number of likely N-dealkylation sites (tertiary alicyclic amines) is 1. The van der Waals surface area contributed by atoms with Crippen molar-refractivity contribution >= 4 is 33.4 Å². The van der Waals surface area contributed by atoms with Crippen molar-refractivity contribution in [1.29, 1.82) is 0 Å². The molecule has 152 valence electrons. The summed E-state index contributed by atoms with van der Waals surface area (Å²) in [6.07, 6.45) is 2.47. The van der Waals surface area contributed by atoms with Gasteiger partial charge in [-0.15, -0.1) is 11.3 Å². The van der Waals surface area contributed by atoms with Crippen molar-refractivity contribution < 1.29 is 18.8 Å². The number of benzene rings is 1. The van der Waals surface area contributed by atoms with Crippen molar-refractivity contribution in [1.82, 2.24) is 15.0 Å². The van der Waals surface area contributed by atoms with Gasteiger partial charge in [-0.25, -0.2) is 9.78 Å². The van der Waals surface area contributed by atoms with Crippen LogP contribution in [0.25, 0.3) is 10.2 Å². The molecular weight excluding hydrogens is 390 g/mol. The highest BCUT2D eigenvalue weighted by Crippen LogP contribution is 2.33. The molecule has 4 rings (SSSR count). The van der Waals surface area contributed by atoms with Gasteiger partial charge in [-0.3, -0.25) is 4.79 Å². The molecule has 0 spiro atoms. The van der Waals surface area contributed by atoms with Crippen LogP contribution >= 0.6 is 11.3 Å². The third kappa shape index (κ3) is 4.03. The highest BCUT2D eigenvalue weighted by atomic mass is 32.1. The van der Waals surface area contributed by atoms with Crippen molar-refractivity contribution in [3.63, 3.8) is 0 Å². The number of carbonyl (C=O) groups excluding carboxylic acids is 2. The molecule has 3 heterocycles. The van der Waals surface area contributed by atoms with Crippen LogP contribution in [-0.2, 0) is 16.0 Å².